The molecular formula is C22H27N5O. The lowest BCUT2D eigenvalue weighted by molar-refractivity contribution is 0.281. The average Bonchev–Trinajstić information content (AvgIpc) is 2.68. The third kappa shape index (κ3) is 5.04. The summed E-state index contributed by atoms with van der Waals surface area (Å²) < 4.78 is 0. The number of nitrogens with one attached hydrogen (secondary N) is 2. The summed E-state index contributed by atoms with van der Waals surface area (Å²) in [4.78, 5) is 13.5. The van der Waals surface area contributed by atoms with Gasteiger partial charge in [0.1, 0.15) is 5.82 Å². The molecule has 0 fully saturated rings. The molecule has 3 aromatic rings. The summed E-state index contributed by atoms with van der Waals surface area (Å²) in [5.74, 6) is 1.10. The zero-order valence-corrected chi connectivity index (χ0v) is 16.8. The van der Waals surface area contributed by atoms with Crippen molar-refractivity contribution >= 4 is 17.5 Å². The van der Waals surface area contributed by atoms with Crippen LogP contribution in [0, 0.1) is 0 Å². The van der Waals surface area contributed by atoms with Crippen LogP contribution < -0.4 is 10.6 Å². The Balaban J connectivity index is 1.91. The number of rotatable bonds is 6. The van der Waals surface area contributed by atoms with Gasteiger partial charge in [-0.3, -0.25) is 4.98 Å². The normalized spacial score (nSPS) is 12.5. The molecule has 0 aliphatic heterocycles. The van der Waals surface area contributed by atoms with Crippen LogP contribution in [0.5, 0.6) is 0 Å². The summed E-state index contributed by atoms with van der Waals surface area (Å²) in [6, 6.07) is 15.8. The van der Waals surface area contributed by atoms with Crippen molar-refractivity contribution in [2.45, 2.75) is 39.2 Å². The van der Waals surface area contributed by atoms with Gasteiger partial charge in [-0.1, -0.05) is 39.0 Å². The Labute approximate surface area is 166 Å². The molecule has 6 nitrogen and oxygen atoms in total. The highest BCUT2D eigenvalue weighted by molar-refractivity contribution is 5.65. The van der Waals surface area contributed by atoms with Crippen molar-refractivity contribution in [2.75, 3.05) is 17.2 Å². The van der Waals surface area contributed by atoms with Crippen LogP contribution in [-0.4, -0.2) is 32.7 Å². The summed E-state index contributed by atoms with van der Waals surface area (Å²) in [6.45, 7) is 8.45. The van der Waals surface area contributed by atoms with Crippen LogP contribution in [0.2, 0.25) is 0 Å². The smallest absolute Gasteiger partial charge is 0.225 e. The maximum Gasteiger partial charge on any atom is 0.225 e. The lowest BCUT2D eigenvalue weighted by Gasteiger charge is -2.19. The van der Waals surface area contributed by atoms with E-state index in [0.717, 1.165) is 11.4 Å². The van der Waals surface area contributed by atoms with E-state index < -0.39 is 0 Å². The molecule has 0 saturated heterocycles. The highest BCUT2D eigenvalue weighted by Gasteiger charge is 2.14. The van der Waals surface area contributed by atoms with E-state index in [1.807, 2.05) is 43.3 Å². The van der Waals surface area contributed by atoms with Gasteiger partial charge in [-0.25, -0.2) is 4.98 Å². The van der Waals surface area contributed by atoms with E-state index in [2.05, 4.69) is 58.5 Å². The molecular weight excluding hydrogens is 350 g/mol. The largest absolute Gasteiger partial charge is 0.394 e. The molecule has 1 atom stereocenters. The Hall–Kier alpha value is -2.99. The molecule has 0 bridgehead atoms. The molecule has 146 valence electrons. The monoisotopic (exact) mass is 377 g/mol. The molecule has 0 radical (unpaired) electrons. The SMILES string of the molecule is C[C@@H](CO)Nc1nc(Nc2ccc(C(C)(C)C)cc2)cc(-c2ccccn2)n1. The molecule has 0 aliphatic rings. The van der Waals surface area contributed by atoms with Crippen LogP contribution in [0.15, 0.2) is 54.7 Å². The molecule has 0 amide bonds. The molecule has 6 heteroatoms. The Morgan fingerprint density at radius 2 is 1.75 bits per heavy atom. The standard InChI is InChI=1S/C22H27N5O/c1-15(14-28)24-21-26-19(18-7-5-6-12-23-18)13-20(27-21)25-17-10-8-16(9-11-17)22(2,3)4/h5-13,15,28H,14H2,1-4H3,(H2,24,25,26,27)/t15-/m0/s1. The Morgan fingerprint density at radius 1 is 1.00 bits per heavy atom. The summed E-state index contributed by atoms with van der Waals surface area (Å²) in [7, 11) is 0. The van der Waals surface area contributed by atoms with E-state index in [4.69, 9.17) is 0 Å². The fourth-order valence-corrected chi connectivity index (χ4v) is 2.69. The second-order valence-corrected chi connectivity index (χ2v) is 7.86. The van der Waals surface area contributed by atoms with Gasteiger partial charge in [0.15, 0.2) is 0 Å². The Kier molecular flexibility index (Phi) is 5.90. The Bertz CT molecular complexity index is 904. The molecule has 3 rings (SSSR count). The van der Waals surface area contributed by atoms with Gasteiger partial charge in [0.25, 0.3) is 0 Å². The first-order valence-electron chi connectivity index (χ1n) is 9.40. The number of nitrogens with zero attached hydrogens (tertiary/aromatic N) is 3. The molecule has 2 aromatic heterocycles. The van der Waals surface area contributed by atoms with Crippen LogP contribution in [0.1, 0.15) is 33.3 Å². The van der Waals surface area contributed by atoms with Crippen LogP contribution in [-0.2, 0) is 5.41 Å². The predicted molar refractivity (Wildman–Crippen MR) is 114 cm³/mol. The van der Waals surface area contributed by atoms with Gasteiger partial charge < -0.3 is 15.7 Å². The highest BCUT2D eigenvalue weighted by Crippen LogP contribution is 2.26. The first-order chi connectivity index (χ1) is 13.3. The number of aromatic nitrogens is 3. The number of pyridine rings is 1. The summed E-state index contributed by atoms with van der Waals surface area (Å²) in [5, 5.41) is 15.8. The van der Waals surface area contributed by atoms with Gasteiger partial charge in [-0.2, -0.15) is 4.98 Å². The minimum Gasteiger partial charge on any atom is -0.394 e. The van der Waals surface area contributed by atoms with Gasteiger partial charge in [0.05, 0.1) is 18.0 Å². The highest BCUT2D eigenvalue weighted by atomic mass is 16.3. The van der Waals surface area contributed by atoms with Crippen molar-refractivity contribution in [3.8, 4) is 11.4 Å². The van der Waals surface area contributed by atoms with E-state index in [-0.39, 0.29) is 18.1 Å². The van der Waals surface area contributed by atoms with Crippen molar-refractivity contribution in [1.82, 2.24) is 15.0 Å². The lowest BCUT2D eigenvalue weighted by atomic mass is 9.87. The number of hydrogen-bond acceptors (Lipinski definition) is 6. The summed E-state index contributed by atoms with van der Waals surface area (Å²) >= 11 is 0. The topological polar surface area (TPSA) is 83.0 Å². The van der Waals surface area contributed by atoms with Crippen molar-refractivity contribution in [3.63, 3.8) is 0 Å². The van der Waals surface area contributed by atoms with Crippen LogP contribution in [0.3, 0.4) is 0 Å². The average molecular weight is 377 g/mol. The van der Waals surface area contributed by atoms with Crippen molar-refractivity contribution in [1.29, 1.82) is 0 Å². The van der Waals surface area contributed by atoms with E-state index >= 15 is 0 Å². The minimum absolute atomic E-state index is 0.00575. The summed E-state index contributed by atoms with van der Waals surface area (Å²) in [6.07, 6.45) is 1.74. The van der Waals surface area contributed by atoms with Crippen molar-refractivity contribution < 1.29 is 5.11 Å². The lowest BCUT2D eigenvalue weighted by Crippen LogP contribution is -2.21. The maximum absolute atomic E-state index is 9.33. The number of aliphatic hydroxyl groups excluding tert-OH is 1. The van der Waals surface area contributed by atoms with Crippen LogP contribution in [0.4, 0.5) is 17.5 Å². The van der Waals surface area contributed by atoms with Crippen molar-refractivity contribution in [2.24, 2.45) is 0 Å². The fourth-order valence-electron chi connectivity index (χ4n) is 2.69. The molecule has 1 aromatic carbocycles. The van der Waals surface area contributed by atoms with E-state index in [1.54, 1.807) is 6.20 Å². The van der Waals surface area contributed by atoms with Gasteiger partial charge in [0, 0.05) is 24.0 Å². The van der Waals surface area contributed by atoms with Crippen molar-refractivity contribution in [3.05, 3.63) is 60.3 Å². The maximum atomic E-state index is 9.33. The number of benzene rings is 1. The first kappa shape index (κ1) is 19.8. The van der Waals surface area contributed by atoms with Gasteiger partial charge >= 0.3 is 0 Å². The third-order valence-electron chi connectivity index (χ3n) is 4.33. The summed E-state index contributed by atoms with van der Waals surface area (Å²) in [5.41, 5.74) is 3.79. The predicted octanol–water partition coefficient (Wildman–Crippen LogP) is 4.37. The minimum atomic E-state index is -0.155. The second kappa shape index (κ2) is 8.35. The van der Waals surface area contributed by atoms with E-state index in [1.165, 1.54) is 5.56 Å². The molecule has 3 N–H and O–H groups in total. The van der Waals surface area contributed by atoms with Crippen LogP contribution >= 0.6 is 0 Å². The van der Waals surface area contributed by atoms with Crippen LogP contribution in [0.25, 0.3) is 11.4 Å². The van der Waals surface area contributed by atoms with Gasteiger partial charge in [0.2, 0.25) is 5.95 Å². The number of aliphatic hydroxyl groups is 1. The molecule has 28 heavy (non-hydrogen) atoms. The molecule has 0 unspecified atom stereocenters. The molecule has 2 heterocycles. The van der Waals surface area contributed by atoms with Gasteiger partial charge in [-0.15, -0.1) is 0 Å². The quantitative estimate of drug-likeness (QED) is 0.592. The van der Waals surface area contributed by atoms with E-state index in [9.17, 15) is 5.11 Å². The molecule has 0 aliphatic carbocycles. The number of hydrogen-bond donors (Lipinski definition) is 3. The fraction of sp³-hybridized carbons (Fsp3) is 0.318. The second-order valence-electron chi connectivity index (χ2n) is 7.86. The van der Waals surface area contributed by atoms with E-state index in [0.29, 0.717) is 17.5 Å². The Morgan fingerprint density at radius 3 is 2.36 bits per heavy atom. The molecule has 0 saturated carbocycles. The molecule has 0 spiro atoms. The zero-order chi connectivity index (χ0) is 20.1. The van der Waals surface area contributed by atoms with Gasteiger partial charge in [-0.05, 0) is 42.2 Å². The number of anilines is 3. The zero-order valence-electron chi connectivity index (χ0n) is 16.8. The third-order valence-corrected chi connectivity index (χ3v) is 4.33. The first-order valence-corrected chi connectivity index (χ1v) is 9.40.